The van der Waals surface area contributed by atoms with Crippen LogP contribution in [0.5, 0.6) is 0 Å². The minimum Gasteiger partial charge on any atom is -0.326 e. The molecule has 0 saturated heterocycles. The summed E-state index contributed by atoms with van der Waals surface area (Å²) in [6.45, 7) is 2.93. The van der Waals surface area contributed by atoms with Crippen LogP contribution in [-0.4, -0.2) is 16.5 Å². The Hall–Kier alpha value is -3.39. The van der Waals surface area contributed by atoms with Crippen LogP contribution in [0.3, 0.4) is 0 Å². The number of hydrogen-bond donors (Lipinski definition) is 1. The molecule has 0 amide bonds. The van der Waals surface area contributed by atoms with E-state index in [2.05, 4.69) is 45.5 Å². The van der Waals surface area contributed by atoms with Gasteiger partial charge in [-0.25, -0.2) is 4.98 Å². The van der Waals surface area contributed by atoms with E-state index >= 15 is 0 Å². The van der Waals surface area contributed by atoms with Gasteiger partial charge in [-0.2, -0.15) is 10.2 Å². The summed E-state index contributed by atoms with van der Waals surface area (Å²) >= 11 is 0. The standard InChI is InChI=1S/C21H19N5/c1-15-13-20(26-12-4-6-17-5-2-3-7-19(17)26)25-21(23-15)24-18-10-8-16(14-22)9-11-18/h2-3,5,7-11,13H,4,6,12H2,1H3,(H,23,24,25). The summed E-state index contributed by atoms with van der Waals surface area (Å²) in [6.07, 6.45) is 2.21. The number of rotatable bonds is 3. The Morgan fingerprint density at radius 1 is 1.08 bits per heavy atom. The molecule has 1 aliphatic heterocycles. The summed E-state index contributed by atoms with van der Waals surface area (Å²) in [5.74, 6) is 1.47. The minimum absolute atomic E-state index is 0.563. The van der Waals surface area contributed by atoms with E-state index in [1.807, 2.05) is 25.1 Å². The van der Waals surface area contributed by atoms with E-state index in [0.717, 1.165) is 36.6 Å². The number of fused-ring (bicyclic) bond motifs is 1. The lowest BCUT2D eigenvalue weighted by Gasteiger charge is -2.30. The Labute approximate surface area is 153 Å². The number of aryl methyl sites for hydroxylation is 2. The third-order valence-corrected chi connectivity index (χ3v) is 4.50. The van der Waals surface area contributed by atoms with Crippen molar-refractivity contribution in [1.82, 2.24) is 9.97 Å². The summed E-state index contributed by atoms with van der Waals surface area (Å²) in [6, 6.07) is 19.9. The molecule has 0 unspecified atom stereocenters. The average molecular weight is 341 g/mol. The van der Waals surface area contributed by atoms with Gasteiger partial charge in [0, 0.05) is 29.7 Å². The van der Waals surface area contributed by atoms with Gasteiger partial charge in [-0.05, 0) is 55.7 Å². The number of nitrogens with zero attached hydrogens (tertiary/aromatic N) is 4. The predicted octanol–water partition coefficient (Wildman–Crippen LogP) is 4.48. The molecule has 1 N–H and O–H groups in total. The summed E-state index contributed by atoms with van der Waals surface area (Å²) in [7, 11) is 0. The monoisotopic (exact) mass is 341 g/mol. The fraction of sp³-hybridized carbons (Fsp3) is 0.190. The van der Waals surface area contributed by atoms with Crippen LogP contribution >= 0.6 is 0 Å². The van der Waals surface area contributed by atoms with Crippen molar-refractivity contribution in [2.24, 2.45) is 0 Å². The first-order valence-electron chi connectivity index (χ1n) is 8.71. The maximum Gasteiger partial charge on any atom is 0.229 e. The molecule has 26 heavy (non-hydrogen) atoms. The van der Waals surface area contributed by atoms with E-state index in [9.17, 15) is 0 Å². The highest BCUT2D eigenvalue weighted by atomic mass is 15.2. The van der Waals surface area contributed by atoms with Crippen LogP contribution in [0.4, 0.5) is 23.1 Å². The fourth-order valence-electron chi connectivity index (χ4n) is 3.27. The first kappa shape index (κ1) is 16.1. The molecule has 2 aromatic carbocycles. The number of nitriles is 1. The zero-order chi connectivity index (χ0) is 17.9. The van der Waals surface area contributed by atoms with Crippen molar-refractivity contribution in [3.8, 4) is 6.07 Å². The lowest BCUT2D eigenvalue weighted by molar-refractivity contribution is 0.758. The van der Waals surface area contributed by atoms with E-state index in [0.29, 0.717) is 11.5 Å². The zero-order valence-electron chi connectivity index (χ0n) is 14.6. The third kappa shape index (κ3) is 3.22. The highest BCUT2D eigenvalue weighted by Crippen LogP contribution is 2.33. The lowest BCUT2D eigenvalue weighted by Crippen LogP contribution is -2.25. The Kier molecular flexibility index (Phi) is 4.24. The molecule has 0 bridgehead atoms. The second-order valence-corrected chi connectivity index (χ2v) is 6.39. The molecule has 0 atom stereocenters. The van der Waals surface area contributed by atoms with Gasteiger partial charge in [0.25, 0.3) is 0 Å². The minimum atomic E-state index is 0.563. The fourth-order valence-corrected chi connectivity index (χ4v) is 3.27. The van der Waals surface area contributed by atoms with Crippen LogP contribution in [0.25, 0.3) is 0 Å². The van der Waals surface area contributed by atoms with E-state index in [4.69, 9.17) is 10.2 Å². The molecule has 2 heterocycles. The Morgan fingerprint density at radius 2 is 1.88 bits per heavy atom. The van der Waals surface area contributed by atoms with Crippen molar-refractivity contribution in [3.05, 3.63) is 71.4 Å². The molecule has 1 aliphatic rings. The number of benzene rings is 2. The number of hydrogen-bond acceptors (Lipinski definition) is 5. The molecule has 0 aliphatic carbocycles. The second kappa shape index (κ2) is 6.85. The maximum absolute atomic E-state index is 8.91. The van der Waals surface area contributed by atoms with Crippen LogP contribution in [0.1, 0.15) is 23.2 Å². The second-order valence-electron chi connectivity index (χ2n) is 6.39. The van der Waals surface area contributed by atoms with Crippen molar-refractivity contribution in [2.45, 2.75) is 19.8 Å². The van der Waals surface area contributed by atoms with Gasteiger partial charge in [-0.3, -0.25) is 0 Å². The highest BCUT2D eigenvalue weighted by Gasteiger charge is 2.19. The molecule has 0 radical (unpaired) electrons. The maximum atomic E-state index is 8.91. The molecule has 3 aromatic rings. The van der Waals surface area contributed by atoms with Crippen molar-refractivity contribution < 1.29 is 0 Å². The normalized spacial score (nSPS) is 13.0. The van der Waals surface area contributed by atoms with Crippen molar-refractivity contribution in [3.63, 3.8) is 0 Å². The number of aromatic nitrogens is 2. The van der Waals surface area contributed by atoms with Gasteiger partial charge in [-0.1, -0.05) is 18.2 Å². The quantitative estimate of drug-likeness (QED) is 0.760. The molecule has 0 saturated carbocycles. The van der Waals surface area contributed by atoms with Gasteiger partial charge in [0.2, 0.25) is 5.95 Å². The SMILES string of the molecule is Cc1cc(N2CCCc3ccccc32)nc(Nc2ccc(C#N)cc2)n1. The molecule has 0 fully saturated rings. The molecule has 5 heteroatoms. The van der Waals surface area contributed by atoms with E-state index in [-0.39, 0.29) is 0 Å². The highest BCUT2D eigenvalue weighted by molar-refractivity contribution is 5.67. The molecule has 5 nitrogen and oxygen atoms in total. The Bertz CT molecular complexity index is 972. The van der Waals surface area contributed by atoms with Gasteiger partial charge in [-0.15, -0.1) is 0 Å². The van der Waals surface area contributed by atoms with E-state index < -0.39 is 0 Å². The lowest BCUT2D eigenvalue weighted by atomic mass is 10.0. The molecular weight excluding hydrogens is 322 g/mol. The number of para-hydroxylation sites is 1. The summed E-state index contributed by atoms with van der Waals surface area (Å²) in [5, 5.41) is 12.2. The smallest absolute Gasteiger partial charge is 0.229 e. The van der Waals surface area contributed by atoms with Gasteiger partial charge in [0.15, 0.2) is 0 Å². The Balaban J connectivity index is 1.66. The predicted molar refractivity (Wildman–Crippen MR) is 103 cm³/mol. The van der Waals surface area contributed by atoms with Gasteiger partial charge < -0.3 is 10.2 Å². The molecule has 128 valence electrons. The van der Waals surface area contributed by atoms with Crippen LogP contribution in [0.2, 0.25) is 0 Å². The van der Waals surface area contributed by atoms with Crippen LogP contribution in [0, 0.1) is 18.3 Å². The molecule has 4 rings (SSSR count). The van der Waals surface area contributed by atoms with Gasteiger partial charge in [0.05, 0.1) is 11.6 Å². The first-order valence-corrected chi connectivity index (χ1v) is 8.71. The van der Waals surface area contributed by atoms with Gasteiger partial charge >= 0.3 is 0 Å². The van der Waals surface area contributed by atoms with Crippen LogP contribution in [-0.2, 0) is 6.42 Å². The molecule has 1 aromatic heterocycles. The Morgan fingerprint density at radius 3 is 2.69 bits per heavy atom. The van der Waals surface area contributed by atoms with E-state index in [1.165, 1.54) is 11.3 Å². The molecule has 0 spiro atoms. The summed E-state index contributed by atoms with van der Waals surface area (Å²) < 4.78 is 0. The average Bonchev–Trinajstić information content (AvgIpc) is 2.67. The number of nitrogens with one attached hydrogen (secondary N) is 1. The van der Waals surface area contributed by atoms with Crippen LogP contribution in [0.15, 0.2) is 54.6 Å². The van der Waals surface area contributed by atoms with Crippen molar-refractivity contribution in [1.29, 1.82) is 5.26 Å². The summed E-state index contributed by atoms with van der Waals surface area (Å²) in [4.78, 5) is 11.5. The van der Waals surface area contributed by atoms with Gasteiger partial charge in [0.1, 0.15) is 5.82 Å². The van der Waals surface area contributed by atoms with Crippen molar-refractivity contribution in [2.75, 3.05) is 16.8 Å². The molecular formula is C21H19N5. The largest absolute Gasteiger partial charge is 0.326 e. The van der Waals surface area contributed by atoms with Crippen LogP contribution < -0.4 is 10.2 Å². The summed E-state index contributed by atoms with van der Waals surface area (Å²) in [5.41, 5.74) is 4.98. The van der Waals surface area contributed by atoms with Crippen molar-refractivity contribution >= 4 is 23.1 Å². The topological polar surface area (TPSA) is 64.8 Å². The number of anilines is 4. The van der Waals surface area contributed by atoms with E-state index in [1.54, 1.807) is 12.1 Å². The zero-order valence-corrected chi connectivity index (χ0v) is 14.6. The third-order valence-electron chi connectivity index (χ3n) is 4.50. The first-order chi connectivity index (χ1) is 12.7.